The van der Waals surface area contributed by atoms with Gasteiger partial charge in [0.05, 0.1) is 15.9 Å². The summed E-state index contributed by atoms with van der Waals surface area (Å²) >= 11 is 11.7. The van der Waals surface area contributed by atoms with E-state index >= 15 is 0 Å². The van der Waals surface area contributed by atoms with Crippen molar-refractivity contribution in [2.75, 3.05) is 0 Å². The van der Waals surface area contributed by atoms with E-state index in [9.17, 15) is 0 Å². The second-order valence-electron chi connectivity index (χ2n) is 2.29. The molecule has 0 aliphatic rings. The summed E-state index contributed by atoms with van der Waals surface area (Å²) < 4.78 is 0. The standard InChI is InChI=1S/C8H4Cl2N2/c9-5-1-3-11-6-2-4-12-8(10)7(5)6/h1-4H. The van der Waals surface area contributed by atoms with E-state index in [1.54, 1.807) is 24.5 Å². The van der Waals surface area contributed by atoms with Gasteiger partial charge in [0, 0.05) is 12.4 Å². The highest BCUT2D eigenvalue weighted by Crippen LogP contribution is 2.26. The normalized spacial score (nSPS) is 10.5. The van der Waals surface area contributed by atoms with Crippen LogP contribution in [0.4, 0.5) is 0 Å². The van der Waals surface area contributed by atoms with Gasteiger partial charge in [0.2, 0.25) is 0 Å². The summed E-state index contributed by atoms with van der Waals surface area (Å²) in [4.78, 5) is 8.00. The molecule has 0 radical (unpaired) electrons. The first kappa shape index (κ1) is 7.77. The van der Waals surface area contributed by atoms with Gasteiger partial charge >= 0.3 is 0 Å². The Morgan fingerprint density at radius 3 is 2.50 bits per heavy atom. The molecule has 0 aromatic carbocycles. The number of nitrogens with zero attached hydrogens (tertiary/aromatic N) is 2. The van der Waals surface area contributed by atoms with Crippen LogP contribution in [-0.2, 0) is 0 Å². The Morgan fingerprint density at radius 2 is 1.75 bits per heavy atom. The van der Waals surface area contributed by atoms with Crippen molar-refractivity contribution in [2.24, 2.45) is 0 Å². The lowest BCUT2D eigenvalue weighted by molar-refractivity contribution is 1.32. The topological polar surface area (TPSA) is 25.8 Å². The zero-order chi connectivity index (χ0) is 8.55. The molecule has 0 amide bonds. The third-order valence-corrected chi connectivity index (χ3v) is 2.16. The third-order valence-electron chi connectivity index (χ3n) is 1.56. The van der Waals surface area contributed by atoms with E-state index in [0.717, 1.165) is 5.52 Å². The largest absolute Gasteiger partial charge is 0.256 e. The highest BCUT2D eigenvalue weighted by atomic mass is 35.5. The van der Waals surface area contributed by atoms with Gasteiger partial charge in [-0.05, 0) is 12.1 Å². The van der Waals surface area contributed by atoms with Crippen LogP contribution in [0.15, 0.2) is 24.5 Å². The average molecular weight is 199 g/mol. The molecule has 2 aromatic rings. The lowest BCUT2D eigenvalue weighted by Crippen LogP contribution is -1.82. The summed E-state index contributed by atoms with van der Waals surface area (Å²) in [5.41, 5.74) is 0.766. The minimum atomic E-state index is 0.394. The van der Waals surface area contributed by atoms with Crippen molar-refractivity contribution in [3.8, 4) is 0 Å². The Balaban J connectivity index is 2.96. The number of halogens is 2. The zero-order valence-electron chi connectivity index (χ0n) is 5.96. The van der Waals surface area contributed by atoms with Crippen LogP contribution in [0.5, 0.6) is 0 Å². The maximum absolute atomic E-state index is 5.90. The van der Waals surface area contributed by atoms with Crippen LogP contribution < -0.4 is 0 Å². The third kappa shape index (κ3) is 1.13. The van der Waals surface area contributed by atoms with Crippen molar-refractivity contribution in [1.82, 2.24) is 9.97 Å². The molecule has 0 unspecified atom stereocenters. The predicted molar refractivity (Wildman–Crippen MR) is 49.6 cm³/mol. The van der Waals surface area contributed by atoms with Crippen molar-refractivity contribution in [3.05, 3.63) is 34.7 Å². The fourth-order valence-corrected chi connectivity index (χ4v) is 1.57. The molecule has 0 spiro atoms. The number of pyridine rings is 2. The highest BCUT2D eigenvalue weighted by molar-refractivity contribution is 6.41. The molecule has 2 nitrogen and oxygen atoms in total. The lowest BCUT2D eigenvalue weighted by Gasteiger charge is -1.99. The summed E-state index contributed by atoms with van der Waals surface area (Å²) in [6.07, 6.45) is 3.25. The van der Waals surface area contributed by atoms with Gasteiger partial charge in [-0.2, -0.15) is 0 Å². The quantitative estimate of drug-likeness (QED) is 0.609. The molecule has 0 aliphatic carbocycles. The molecule has 0 saturated carbocycles. The van der Waals surface area contributed by atoms with Crippen LogP contribution in [0.1, 0.15) is 0 Å². The minimum absolute atomic E-state index is 0.394. The van der Waals surface area contributed by atoms with Crippen LogP contribution in [0.3, 0.4) is 0 Å². The van der Waals surface area contributed by atoms with E-state index in [2.05, 4.69) is 9.97 Å². The Hall–Kier alpha value is -0.860. The number of hydrogen-bond acceptors (Lipinski definition) is 2. The second kappa shape index (κ2) is 2.88. The first-order valence-electron chi connectivity index (χ1n) is 3.34. The molecule has 0 fully saturated rings. The Morgan fingerprint density at radius 1 is 1.00 bits per heavy atom. The van der Waals surface area contributed by atoms with Gasteiger partial charge in [-0.15, -0.1) is 0 Å². The Bertz CT molecular complexity index is 392. The number of fused-ring (bicyclic) bond motifs is 1. The summed E-state index contributed by atoms with van der Waals surface area (Å²) in [6, 6.07) is 3.46. The summed E-state index contributed by atoms with van der Waals surface area (Å²) in [5, 5.41) is 1.69. The van der Waals surface area contributed by atoms with Gasteiger partial charge in [0.1, 0.15) is 5.15 Å². The van der Waals surface area contributed by atoms with E-state index in [-0.39, 0.29) is 0 Å². The maximum Gasteiger partial charge on any atom is 0.139 e. The van der Waals surface area contributed by atoms with Gasteiger partial charge < -0.3 is 0 Å². The van der Waals surface area contributed by atoms with Gasteiger partial charge in [0.25, 0.3) is 0 Å². The molecule has 0 aliphatic heterocycles. The van der Waals surface area contributed by atoms with E-state index in [0.29, 0.717) is 15.6 Å². The van der Waals surface area contributed by atoms with Crippen LogP contribution >= 0.6 is 23.2 Å². The summed E-state index contributed by atoms with van der Waals surface area (Å²) in [5.74, 6) is 0. The molecule has 0 N–H and O–H groups in total. The van der Waals surface area contributed by atoms with E-state index in [4.69, 9.17) is 23.2 Å². The van der Waals surface area contributed by atoms with Crippen molar-refractivity contribution < 1.29 is 0 Å². The maximum atomic E-state index is 5.90. The summed E-state index contributed by atoms with van der Waals surface area (Å²) in [6.45, 7) is 0. The first-order chi connectivity index (χ1) is 5.79. The summed E-state index contributed by atoms with van der Waals surface area (Å²) in [7, 11) is 0. The van der Waals surface area contributed by atoms with Gasteiger partial charge in [0.15, 0.2) is 0 Å². The molecule has 2 rings (SSSR count). The Kier molecular flexibility index (Phi) is 1.87. The highest BCUT2D eigenvalue weighted by Gasteiger charge is 2.03. The average Bonchev–Trinajstić information content (AvgIpc) is 2.04. The lowest BCUT2D eigenvalue weighted by atomic mass is 10.3. The fourth-order valence-electron chi connectivity index (χ4n) is 1.02. The van der Waals surface area contributed by atoms with Crippen molar-refractivity contribution in [2.45, 2.75) is 0 Å². The molecule has 0 atom stereocenters. The fraction of sp³-hybridized carbons (Fsp3) is 0. The molecular weight excluding hydrogens is 195 g/mol. The molecule has 12 heavy (non-hydrogen) atoms. The zero-order valence-corrected chi connectivity index (χ0v) is 7.47. The molecule has 2 heterocycles. The van der Waals surface area contributed by atoms with Crippen LogP contribution in [0.25, 0.3) is 10.9 Å². The van der Waals surface area contributed by atoms with Crippen molar-refractivity contribution >= 4 is 34.1 Å². The monoisotopic (exact) mass is 198 g/mol. The van der Waals surface area contributed by atoms with Crippen molar-refractivity contribution in [3.63, 3.8) is 0 Å². The van der Waals surface area contributed by atoms with Crippen LogP contribution in [0.2, 0.25) is 10.2 Å². The van der Waals surface area contributed by atoms with E-state index in [1.165, 1.54) is 0 Å². The molecule has 4 heteroatoms. The molecule has 0 saturated heterocycles. The molecule has 0 bridgehead atoms. The number of hydrogen-bond donors (Lipinski definition) is 0. The van der Waals surface area contributed by atoms with Gasteiger partial charge in [-0.3, -0.25) is 4.98 Å². The minimum Gasteiger partial charge on any atom is -0.256 e. The van der Waals surface area contributed by atoms with Crippen LogP contribution in [0, 0.1) is 0 Å². The Labute approximate surface area is 79.2 Å². The van der Waals surface area contributed by atoms with Crippen molar-refractivity contribution in [1.29, 1.82) is 0 Å². The van der Waals surface area contributed by atoms with Gasteiger partial charge in [-0.1, -0.05) is 23.2 Å². The first-order valence-corrected chi connectivity index (χ1v) is 4.09. The number of aromatic nitrogens is 2. The number of rotatable bonds is 0. The van der Waals surface area contributed by atoms with Crippen LogP contribution in [-0.4, -0.2) is 9.97 Å². The second-order valence-corrected chi connectivity index (χ2v) is 3.05. The molecule has 2 aromatic heterocycles. The van der Waals surface area contributed by atoms with E-state index in [1.807, 2.05) is 0 Å². The smallest absolute Gasteiger partial charge is 0.139 e. The SMILES string of the molecule is Clc1ccnc2ccnc(Cl)c12. The van der Waals surface area contributed by atoms with E-state index < -0.39 is 0 Å². The van der Waals surface area contributed by atoms with Gasteiger partial charge in [-0.25, -0.2) is 4.98 Å². The molecule has 60 valence electrons. The predicted octanol–water partition coefficient (Wildman–Crippen LogP) is 2.94. The molecular formula is C8H4Cl2N2.